The van der Waals surface area contributed by atoms with Crippen LogP contribution in [-0.2, 0) is 13.9 Å². The predicted octanol–water partition coefficient (Wildman–Crippen LogP) is 4.20. The molecule has 1 aliphatic heterocycles. The highest BCUT2D eigenvalue weighted by Crippen LogP contribution is 2.48. The van der Waals surface area contributed by atoms with E-state index in [1.54, 1.807) is 31.2 Å². The highest BCUT2D eigenvalue weighted by Gasteiger charge is 2.40. The van der Waals surface area contributed by atoms with E-state index < -0.39 is 25.5 Å². The molecule has 0 bridgehead atoms. The topological polar surface area (TPSA) is 101 Å². The lowest BCUT2D eigenvalue weighted by molar-refractivity contribution is -0.134. The van der Waals surface area contributed by atoms with E-state index in [0.29, 0.717) is 24.0 Å². The van der Waals surface area contributed by atoms with Gasteiger partial charge in [-0.25, -0.2) is 0 Å². The van der Waals surface area contributed by atoms with Gasteiger partial charge in [0.25, 0.3) is 11.8 Å². The summed E-state index contributed by atoms with van der Waals surface area (Å²) in [5, 5.41) is 9.05. The number of fused-ring (bicyclic) bond motifs is 1. The molecule has 1 heterocycles. The third-order valence-electron chi connectivity index (χ3n) is 5.04. The van der Waals surface area contributed by atoms with Crippen molar-refractivity contribution in [3.8, 4) is 0 Å². The zero-order chi connectivity index (χ0) is 21.7. The third-order valence-corrected chi connectivity index (χ3v) is 7.52. The number of imide groups is 1. The molecule has 7 nitrogen and oxygen atoms in total. The van der Waals surface area contributed by atoms with Crippen molar-refractivity contribution in [2.24, 2.45) is 0 Å². The van der Waals surface area contributed by atoms with E-state index in [9.17, 15) is 18.9 Å². The molecule has 2 atom stereocenters. The van der Waals surface area contributed by atoms with Crippen LogP contribution in [0.3, 0.4) is 0 Å². The van der Waals surface area contributed by atoms with E-state index in [1.165, 1.54) is 4.90 Å². The quantitative estimate of drug-likeness (QED) is 0.449. The van der Waals surface area contributed by atoms with Gasteiger partial charge in [-0.15, -0.1) is 0 Å². The number of benzene rings is 2. The largest absolute Gasteiger partial charge is 0.481 e. The highest BCUT2D eigenvalue weighted by molar-refractivity contribution is 7.59. The molecule has 30 heavy (non-hydrogen) atoms. The molecule has 0 saturated heterocycles. The van der Waals surface area contributed by atoms with Gasteiger partial charge in [0.05, 0.1) is 23.8 Å². The summed E-state index contributed by atoms with van der Waals surface area (Å²) < 4.78 is 18.1. The molecule has 8 heteroatoms. The van der Waals surface area contributed by atoms with Gasteiger partial charge in [-0.2, -0.15) is 0 Å². The summed E-state index contributed by atoms with van der Waals surface area (Å²) in [6, 6.07) is 15.3. The van der Waals surface area contributed by atoms with Gasteiger partial charge in [0.15, 0.2) is 0 Å². The van der Waals surface area contributed by atoms with Crippen molar-refractivity contribution in [1.29, 1.82) is 0 Å². The molecular formula is C22H24NO6P. The first-order chi connectivity index (χ1) is 14.4. The predicted molar refractivity (Wildman–Crippen MR) is 112 cm³/mol. The molecule has 158 valence electrons. The Balaban J connectivity index is 1.83. The Morgan fingerprint density at radius 1 is 1.03 bits per heavy atom. The Bertz CT molecular complexity index is 955. The molecule has 3 rings (SSSR count). The number of carbonyl (C=O) groups excluding carboxylic acids is 2. The number of amides is 2. The number of carboxylic acids is 1. The van der Waals surface area contributed by atoms with Crippen LogP contribution in [0.4, 0.5) is 0 Å². The molecular weight excluding hydrogens is 405 g/mol. The molecule has 0 aliphatic carbocycles. The van der Waals surface area contributed by atoms with E-state index in [4.69, 9.17) is 9.63 Å². The maximum Gasteiger partial charge on any atom is 0.313 e. The summed E-state index contributed by atoms with van der Waals surface area (Å²) in [6.07, 6.45) is 0.229. The summed E-state index contributed by atoms with van der Waals surface area (Å²) in [6.45, 7) is 1.82. The maximum absolute atomic E-state index is 13.0. The SMILES string of the molecule is CCOP(=O)(CCCC(c1ccccc1)N1C(=O)c2ccccc2C1=O)CC(=O)O. The second kappa shape index (κ2) is 9.37. The van der Waals surface area contributed by atoms with Crippen molar-refractivity contribution >= 4 is 25.2 Å². The minimum absolute atomic E-state index is 0.0691. The Kier molecular flexibility index (Phi) is 6.85. The van der Waals surface area contributed by atoms with Crippen molar-refractivity contribution in [3.05, 3.63) is 71.3 Å². The van der Waals surface area contributed by atoms with Gasteiger partial charge in [-0.05, 0) is 37.5 Å². The van der Waals surface area contributed by atoms with Crippen molar-refractivity contribution in [2.45, 2.75) is 25.8 Å². The first-order valence-corrected chi connectivity index (χ1v) is 11.8. The number of hydrogen-bond acceptors (Lipinski definition) is 5. The van der Waals surface area contributed by atoms with Crippen LogP contribution in [0.1, 0.15) is 52.1 Å². The number of aliphatic carboxylic acids is 1. The van der Waals surface area contributed by atoms with Crippen LogP contribution in [-0.4, -0.2) is 46.7 Å². The molecule has 0 radical (unpaired) electrons. The van der Waals surface area contributed by atoms with E-state index >= 15 is 0 Å². The maximum atomic E-state index is 13.0. The number of hydrogen-bond donors (Lipinski definition) is 1. The fourth-order valence-electron chi connectivity index (χ4n) is 3.77. The second-order valence-electron chi connectivity index (χ2n) is 7.10. The summed E-state index contributed by atoms with van der Waals surface area (Å²) >= 11 is 0. The second-order valence-corrected chi connectivity index (χ2v) is 9.75. The molecule has 1 aliphatic rings. The zero-order valence-corrected chi connectivity index (χ0v) is 17.6. The number of carbonyl (C=O) groups is 3. The van der Waals surface area contributed by atoms with Crippen molar-refractivity contribution < 1.29 is 28.6 Å². The summed E-state index contributed by atoms with van der Waals surface area (Å²) in [5.41, 5.74) is 1.53. The molecule has 0 spiro atoms. The third kappa shape index (κ3) is 4.69. The van der Waals surface area contributed by atoms with Crippen molar-refractivity contribution in [3.63, 3.8) is 0 Å². The highest BCUT2D eigenvalue weighted by atomic mass is 31.2. The van der Waals surface area contributed by atoms with Gasteiger partial charge in [-0.3, -0.25) is 23.8 Å². The van der Waals surface area contributed by atoms with Gasteiger partial charge < -0.3 is 9.63 Å². The number of rotatable bonds is 10. The molecule has 0 aromatic heterocycles. The standard InChI is InChI=1S/C22H24NO6P/c1-2-29-30(28,15-20(24)25)14-8-13-19(16-9-4-3-5-10-16)23-21(26)17-11-6-7-12-18(17)22(23)27/h3-7,9-12,19H,2,8,13-15H2,1H3,(H,24,25). The fourth-order valence-corrected chi connectivity index (χ4v) is 5.69. The molecule has 2 aromatic rings. The Morgan fingerprint density at radius 3 is 2.13 bits per heavy atom. The first-order valence-electron chi connectivity index (χ1n) is 9.82. The van der Waals surface area contributed by atoms with E-state index in [0.717, 1.165) is 5.56 Å². The summed E-state index contributed by atoms with van der Waals surface area (Å²) in [4.78, 5) is 38.3. The van der Waals surface area contributed by atoms with Gasteiger partial charge in [0.1, 0.15) is 6.16 Å². The van der Waals surface area contributed by atoms with Crippen LogP contribution in [0.5, 0.6) is 0 Å². The minimum atomic E-state index is -3.33. The molecule has 0 saturated carbocycles. The summed E-state index contributed by atoms with van der Waals surface area (Å²) in [7, 11) is -3.33. The Labute approximate surface area is 175 Å². The van der Waals surface area contributed by atoms with Crippen LogP contribution in [0.15, 0.2) is 54.6 Å². The van der Waals surface area contributed by atoms with E-state index in [-0.39, 0.29) is 24.6 Å². The van der Waals surface area contributed by atoms with Gasteiger partial charge in [0.2, 0.25) is 7.37 Å². The van der Waals surface area contributed by atoms with Gasteiger partial charge in [-0.1, -0.05) is 42.5 Å². The van der Waals surface area contributed by atoms with E-state index in [1.807, 2.05) is 30.3 Å². The fraction of sp³-hybridized carbons (Fsp3) is 0.318. The molecule has 2 unspecified atom stereocenters. The average Bonchev–Trinajstić information content (AvgIpc) is 2.96. The minimum Gasteiger partial charge on any atom is -0.481 e. The average molecular weight is 429 g/mol. The van der Waals surface area contributed by atoms with Crippen LogP contribution < -0.4 is 0 Å². The first kappa shape index (κ1) is 21.9. The molecule has 1 N–H and O–H groups in total. The Hall–Kier alpha value is -2.76. The normalized spacial score (nSPS) is 16.2. The summed E-state index contributed by atoms with van der Waals surface area (Å²) in [5.74, 6) is -1.89. The number of nitrogens with zero attached hydrogens (tertiary/aromatic N) is 1. The monoisotopic (exact) mass is 429 g/mol. The van der Waals surface area contributed by atoms with Crippen LogP contribution in [0.25, 0.3) is 0 Å². The van der Waals surface area contributed by atoms with Crippen LogP contribution in [0.2, 0.25) is 0 Å². The molecule has 2 amide bonds. The van der Waals surface area contributed by atoms with Gasteiger partial charge in [0, 0.05) is 6.16 Å². The molecule has 2 aromatic carbocycles. The molecule has 0 fully saturated rings. The number of carboxylic acid groups (broad SMARTS) is 1. The smallest absolute Gasteiger partial charge is 0.313 e. The van der Waals surface area contributed by atoms with Crippen LogP contribution in [0, 0.1) is 0 Å². The lowest BCUT2D eigenvalue weighted by Crippen LogP contribution is -2.34. The van der Waals surface area contributed by atoms with Crippen LogP contribution >= 0.6 is 7.37 Å². The Morgan fingerprint density at radius 2 is 1.60 bits per heavy atom. The lowest BCUT2D eigenvalue weighted by Gasteiger charge is -2.27. The zero-order valence-electron chi connectivity index (χ0n) is 16.7. The lowest BCUT2D eigenvalue weighted by atomic mass is 10.0. The van der Waals surface area contributed by atoms with Crippen molar-refractivity contribution in [1.82, 2.24) is 4.90 Å². The van der Waals surface area contributed by atoms with Crippen molar-refractivity contribution in [2.75, 3.05) is 18.9 Å². The van der Waals surface area contributed by atoms with Gasteiger partial charge >= 0.3 is 5.97 Å². The van der Waals surface area contributed by atoms with E-state index in [2.05, 4.69) is 0 Å².